The molecule has 1 unspecified atom stereocenters. The molecule has 0 spiro atoms. The molecule has 2 heterocycles. The molecule has 19 heavy (non-hydrogen) atoms. The fourth-order valence-corrected chi connectivity index (χ4v) is 3.22. The number of rotatable bonds is 3. The molecule has 1 aromatic rings. The van der Waals surface area contributed by atoms with Crippen molar-refractivity contribution in [3.8, 4) is 0 Å². The first-order valence-electron chi connectivity index (χ1n) is 6.58. The van der Waals surface area contributed by atoms with Crippen LogP contribution in [0.25, 0.3) is 0 Å². The van der Waals surface area contributed by atoms with E-state index in [4.69, 9.17) is 10.8 Å². The van der Waals surface area contributed by atoms with Gasteiger partial charge in [-0.1, -0.05) is 13.8 Å². The van der Waals surface area contributed by atoms with Gasteiger partial charge in [-0.2, -0.15) is 0 Å². The fourth-order valence-electron chi connectivity index (χ4n) is 2.31. The molecule has 0 saturated carbocycles. The Morgan fingerprint density at radius 2 is 2.26 bits per heavy atom. The Hall–Kier alpha value is -1.14. The number of anilines is 1. The van der Waals surface area contributed by atoms with Crippen LogP contribution in [0.3, 0.4) is 0 Å². The van der Waals surface area contributed by atoms with Crippen molar-refractivity contribution >= 4 is 22.4 Å². The molecule has 0 aromatic carbocycles. The summed E-state index contributed by atoms with van der Waals surface area (Å²) >= 11 is 1.48. The molecule has 6 heteroatoms. The van der Waals surface area contributed by atoms with Crippen LogP contribution in [0.2, 0.25) is 0 Å². The molecule has 1 saturated heterocycles. The average Bonchev–Trinajstić information content (AvgIpc) is 2.74. The zero-order valence-electron chi connectivity index (χ0n) is 11.4. The highest BCUT2D eigenvalue weighted by Crippen LogP contribution is 2.33. The third-order valence-corrected chi connectivity index (χ3v) is 4.62. The van der Waals surface area contributed by atoms with Crippen molar-refractivity contribution in [1.29, 1.82) is 0 Å². The molecule has 1 aromatic heterocycles. The van der Waals surface area contributed by atoms with Gasteiger partial charge in [0, 0.05) is 18.5 Å². The van der Waals surface area contributed by atoms with Gasteiger partial charge in [-0.25, -0.2) is 4.98 Å². The Kier molecular flexibility index (Phi) is 4.10. The monoisotopic (exact) mass is 283 g/mol. The Morgan fingerprint density at radius 3 is 2.95 bits per heavy atom. The molecule has 0 amide bonds. The lowest BCUT2D eigenvalue weighted by atomic mass is 9.85. The summed E-state index contributed by atoms with van der Waals surface area (Å²) in [5.41, 5.74) is 6.42. The maximum absolute atomic E-state index is 10.9. The van der Waals surface area contributed by atoms with Gasteiger partial charge in [0.25, 0.3) is 0 Å². The lowest BCUT2D eigenvalue weighted by Gasteiger charge is -2.22. The van der Waals surface area contributed by atoms with E-state index in [0.717, 1.165) is 31.1 Å². The number of nitrogens with zero attached hydrogens (tertiary/aromatic N) is 2. The summed E-state index contributed by atoms with van der Waals surface area (Å²) in [5.74, 6) is -1.03. The first kappa shape index (κ1) is 14.3. The summed E-state index contributed by atoms with van der Waals surface area (Å²) in [6.45, 7) is 6.55. The topological polar surface area (TPSA) is 79.5 Å². The summed E-state index contributed by atoms with van der Waals surface area (Å²) in [7, 11) is 0. The predicted octanol–water partition coefficient (Wildman–Crippen LogP) is 2.24. The van der Waals surface area contributed by atoms with Gasteiger partial charge in [0.05, 0.1) is 5.69 Å². The van der Waals surface area contributed by atoms with Crippen LogP contribution < -0.4 is 10.6 Å². The number of aliphatic carboxylic acids is 1. The van der Waals surface area contributed by atoms with E-state index in [2.05, 4.69) is 23.7 Å². The molecule has 5 nitrogen and oxygen atoms in total. The molecule has 1 aliphatic heterocycles. The quantitative estimate of drug-likeness (QED) is 0.889. The number of hydrogen-bond acceptors (Lipinski definition) is 5. The van der Waals surface area contributed by atoms with Crippen molar-refractivity contribution in [2.24, 2.45) is 11.1 Å². The number of carboxylic acid groups (broad SMARTS) is 1. The molecule has 1 fully saturated rings. The highest BCUT2D eigenvalue weighted by atomic mass is 32.1. The molecule has 0 bridgehead atoms. The Labute approximate surface area is 117 Å². The smallest absolute Gasteiger partial charge is 0.326 e. The van der Waals surface area contributed by atoms with Gasteiger partial charge >= 0.3 is 5.97 Å². The molecule has 106 valence electrons. The van der Waals surface area contributed by atoms with Crippen molar-refractivity contribution < 1.29 is 9.90 Å². The highest BCUT2D eigenvalue weighted by molar-refractivity contribution is 7.13. The van der Waals surface area contributed by atoms with Crippen molar-refractivity contribution in [3.05, 3.63) is 11.1 Å². The number of thiazole rings is 1. The lowest BCUT2D eigenvalue weighted by Crippen LogP contribution is -2.25. The SMILES string of the molecule is CC1(C)CCCN(c2nc(C(N)C(=O)O)cs2)CC1. The van der Waals surface area contributed by atoms with Gasteiger partial charge in [-0.3, -0.25) is 4.79 Å². The predicted molar refractivity (Wildman–Crippen MR) is 76.5 cm³/mol. The molecule has 0 radical (unpaired) electrons. The van der Waals surface area contributed by atoms with E-state index in [0.29, 0.717) is 11.1 Å². The van der Waals surface area contributed by atoms with Crippen LogP contribution in [0.1, 0.15) is 44.8 Å². The molecular formula is C13H21N3O2S. The molecule has 1 aliphatic rings. The minimum Gasteiger partial charge on any atom is -0.480 e. The van der Waals surface area contributed by atoms with Crippen LogP contribution >= 0.6 is 11.3 Å². The third kappa shape index (κ3) is 3.45. The summed E-state index contributed by atoms with van der Waals surface area (Å²) < 4.78 is 0. The van der Waals surface area contributed by atoms with Crippen molar-refractivity contribution in [2.75, 3.05) is 18.0 Å². The van der Waals surface area contributed by atoms with Crippen LogP contribution in [0.15, 0.2) is 5.38 Å². The Bertz CT molecular complexity index is 458. The number of carboxylic acids is 1. The third-order valence-electron chi connectivity index (χ3n) is 3.71. The van der Waals surface area contributed by atoms with Crippen LogP contribution in [-0.4, -0.2) is 29.1 Å². The van der Waals surface area contributed by atoms with Crippen molar-refractivity contribution in [2.45, 2.75) is 39.2 Å². The normalized spacial score (nSPS) is 20.9. The van der Waals surface area contributed by atoms with Crippen LogP contribution in [-0.2, 0) is 4.79 Å². The molecule has 2 rings (SSSR count). The van der Waals surface area contributed by atoms with Crippen LogP contribution in [0.4, 0.5) is 5.13 Å². The van der Waals surface area contributed by atoms with Gasteiger partial charge in [0.15, 0.2) is 5.13 Å². The first-order valence-corrected chi connectivity index (χ1v) is 7.46. The number of hydrogen-bond donors (Lipinski definition) is 2. The maximum Gasteiger partial charge on any atom is 0.326 e. The van der Waals surface area contributed by atoms with E-state index in [9.17, 15) is 4.79 Å². The summed E-state index contributed by atoms with van der Waals surface area (Å²) in [5, 5.41) is 11.5. The second-order valence-electron chi connectivity index (χ2n) is 5.88. The second-order valence-corrected chi connectivity index (χ2v) is 6.71. The number of carbonyl (C=O) groups is 1. The molecule has 3 N–H and O–H groups in total. The van der Waals surface area contributed by atoms with Gasteiger partial charge in [0.2, 0.25) is 0 Å². The standard InChI is InChI=1S/C13H21N3O2S/c1-13(2)4-3-6-16(7-5-13)12-15-9(8-19-12)10(14)11(17)18/h8,10H,3-7,14H2,1-2H3,(H,17,18). The summed E-state index contributed by atoms with van der Waals surface area (Å²) in [6, 6.07) is -1.02. The van der Waals surface area contributed by atoms with Crippen LogP contribution in [0.5, 0.6) is 0 Å². The van der Waals surface area contributed by atoms with Gasteiger partial charge < -0.3 is 15.7 Å². The van der Waals surface area contributed by atoms with Crippen molar-refractivity contribution in [1.82, 2.24) is 4.98 Å². The molecule has 1 atom stereocenters. The maximum atomic E-state index is 10.9. The van der Waals surface area contributed by atoms with E-state index in [1.54, 1.807) is 5.38 Å². The highest BCUT2D eigenvalue weighted by Gasteiger charge is 2.25. The zero-order valence-corrected chi connectivity index (χ0v) is 12.2. The largest absolute Gasteiger partial charge is 0.480 e. The zero-order chi connectivity index (χ0) is 14.0. The summed E-state index contributed by atoms with van der Waals surface area (Å²) in [6.07, 6.45) is 3.50. The molecular weight excluding hydrogens is 262 g/mol. The molecule has 0 aliphatic carbocycles. The minimum absolute atomic E-state index is 0.381. The lowest BCUT2D eigenvalue weighted by molar-refractivity contribution is -0.138. The van der Waals surface area contributed by atoms with E-state index in [1.165, 1.54) is 17.8 Å². The van der Waals surface area contributed by atoms with Gasteiger partial charge in [-0.05, 0) is 24.7 Å². The number of nitrogens with two attached hydrogens (primary N) is 1. The van der Waals surface area contributed by atoms with Crippen LogP contribution in [0, 0.1) is 5.41 Å². The van der Waals surface area contributed by atoms with E-state index >= 15 is 0 Å². The van der Waals surface area contributed by atoms with E-state index in [1.807, 2.05) is 0 Å². The number of aromatic nitrogens is 1. The summed E-state index contributed by atoms with van der Waals surface area (Å²) in [4.78, 5) is 17.5. The minimum atomic E-state index is -1.03. The average molecular weight is 283 g/mol. The Morgan fingerprint density at radius 1 is 1.53 bits per heavy atom. The second kappa shape index (κ2) is 5.46. The van der Waals surface area contributed by atoms with E-state index < -0.39 is 12.0 Å². The fraction of sp³-hybridized carbons (Fsp3) is 0.692. The Balaban J connectivity index is 2.08. The van der Waals surface area contributed by atoms with Gasteiger partial charge in [-0.15, -0.1) is 11.3 Å². The van der Waals surface area contributed by atoms with E-state index in [-0.39, 0.29) is 0 Å². The van der Waals surface area contributed by atoms with Crippen molar-refractivity contribution in [3.63, 3.8) is 0 Å². The first-order chi connectivity index (χ1) is 8.89. The van der Waals surface area contributed by atoms with Gasteiger partial charge in [0.1, 0.15) is 6.04 Å².